The smallest absolute Gasteiger partial charge is 0.217 e. The first-order valence-electron chi connectivity index (χ1n) is 9.09. The fourth-order valence-electron chi connectivity index (χ4n) is 2.95. The monoisotopic (exact) mass is 367 g/mol. The highest BCUT2D eigenvalue weighted by Gasteiger charge is 2.22. The Hall–Kier alpha value is -2.79. The predicted octanol–water partition coefficient (Wildman–Crippen LogP) is 2.93. The zero-order valence-corrected chi connectivity index (χ0v) is 15.5. The molecule has 0 aromatic heterocycles. The van der Waals surface area contributed by atoms with Crippen LogP contribution in [0.15, 0.2) is 48.5 Å². The van der Waals surface area contributed by atoms with Crippen LogP contribution < -0.4 is 5.73 Å². The van der Waals surface area contributed by atoms with Gasteiger partial charge in [-0.25, -0.2) is 0 Å². The lowest BCUT2D eigenvalue weighted by molar-refractivity contribution is -0.126. The minimum Gasteiger partial charge on any atom is -0.389 e. The minimum absolute atomic E-state index is 0.0103. The van der Waals surface area contributed by atoms with Gasteiger partial charge in [0.25, 0.3) is 0 Å². The summed E-state index contributed by atoms with van der Waals surface area (Å²) in [6.45, 7) is 1.46. The van der Waals surface area contributed by atoms with Crippen LogP contribution in [0.25, 0.3) is 11.1 Å². The lowest BCUT2D eigenvalue weighted by Gasteiger charge is -2.13. The lowest BCUT2D eigenvalue weighted by Crippen LogP contribution is -2.23. The van der Waals surface area contributed by atoms with Crippen molar-refractivity contribution in [3.05, 3.63) is 59.7 Å². The molecule has 142 valence electrons. The van der Waals surface area contributed by atoms with E-state index in [0.29, 0.717) is 5.56 Å². The molecule has 5 heteroatoms. The molecule has 0 saturated carbocycles. The van der Waals surface area contributed by atoms with Crippen molar-refractivity contribution in [2.24, 2.45) is 11.7 Å². The Morgan fingerprint density at radius 2 is 1.52 bits per heavy atom. The molecule has 27 heavy (non-hydrogen) atoms. The van der Waals surface area contributed by atoms with Gasteiger partial charge in [0.2, 0.25) is 5.91 Å². The fraction of sp³-hybridized carbons (Fsp3) is 0.318. The second kappa shape index (κ2) is 9.78. The highest BCUT2D eigenvalue weighted by atomic mass is 16.3. The first kappa shape index (κ1) is 20.5. The molecule has 1 atom stereocenters. The van der Waals surface area contributed by atoms with Crippen molar-refractivity contribution in [1.82, 2.24) is 0 Å². The molecule has 2 aromatic carbocycles. The van der Waals surface area contributed by atoms with Crippen LogP contribution in [0.2, 0.25) is 0 Å². The van der Waals surface area contributed by atoms with E-state index in [-0.39, 0.29) is 25.0 Å². The Labute approximate surface area is 159 Å². The topological polar surface area (TPSA) is 97.5 Å². The molecule has 0 radical (unpaired) electrons. The second-order valence-corrected chi connectivity index (χ2v) is 6.58. The number of aryl methyl sites for hydroxylation is 1. The van der Waals surface area contributed by atoms with E-state index in [0.717, 1.165) is 17.5 Å². The zero-order chi connectivity index (χ0) is 19.8. The van der Waals surface area contributed by atoms with Crippen molar-refractivity contribution < 1.29 is 19.5 Å². The van der Waals surface area contributed by atoms with Gasteiger partial charge < -0.3 is 10.8 Å². The maximum absolute atomic E-state index is 12.5. The summed E-state index contributed by atoms with van der Waals surface area (Å²) >= 11 is 0. The van der Waals surface area contributed by atoms with E-state index >= 15 is 0 Å². The van der Waals surface area contributed by atoms with Gasteiger partial charge in [-0.15, -0.1) is 0 Å². The first-order valence-corrected chi connectivity index (χ1v) is 9.09. The van der Waals surface area contributed by atoms with E-state index in [4.69, 9.17) is 10.8 Å². The van der Waals surface area contributed by atoms with Crippen LogP contribution in [0.3, 0.4) is 0 Å². The number of carbonyl (C=O) groups is 3. The molecule has 0 saturated heterocycles. The highest BCUT2D eigenvalue weighted by Crippen LogP contribution is 2.22. The Balaban J connectivity index is 2.08. The summed E-state index contributed by atoms with van der Waals surface area (Å²) in [5.74, 6) is -1.87. The van der Waals surface area contributed by atoms with E-state index < -0.39 is 24.2 Å². The number of rotatable bonds is 10. The van der Waals surface area contributed by atoms with E-state index in [1.54, 1.807) is 12.1 Å². The maximum Gasteiger partial charge on any atom is 0.217 e. The Morgan fingerprint density at radius 3 is 2.00 bits per heavy atom. The number of carbonyl (C=O) groups excluding carboxylic acids is 3. The van der Waals surface area contributed by atoms with E-state index in [9.17, 15) is 14.4 Å². The second-order valence-electron chi connectivity index (χ2n) is 6.58. The number of hydrogen-bond acceptors (Lipinski definition) is 4. The van der Waals surface area contributed by atoms with Crippen LogP contribution in [-0.4, -0.2) is 29.2 Å². The van der Waals surface area contributed by atoms with Gasteiger partial charge in [-0.1, -0.05) is 55.5 Å². The molecular formula is C22H25NO4. The standard InChI is InChI=1S/C22H25NO4/c1-2-15-3-5-16(6-4-15)17-7-9-18(10-8-17)20(25)13-19(21(26)14-24)11-12-22(23)27/h3-10,19,24H,2,11-14H2,1H3,(H2,23,27)/t19-/m0/s1. The van der Waals surface area contributed by atoms with Crippen LogP contribution in [0.5, 0.6) is 0 Å². The molecule has 2 rings (SSSR count). The van der Waals surface area contributed by atoms with Gasteiger partial charge in [-0.2, -0.15) is 0 Å². The van der Waals surface area contributed by atoms with Crippen LogP contribution in [0.1, 0.15) is 42.1 Å². The van der Waals surface area contributed by atoms with Crippen LogP contribution in [0.4, 0.5) is 0 Å². The molecule has 0 unspecified atom stereocenters. The van der Waals surface area contributed by atoms with Gasteiger partial charge in [0.1, 0.15) is 6.61 Å². The van der Waals surface area contributed by atoms with E-state index in [1.165, 1.54) is 5.56 Å². The first-order chi connectivity index (χ1) is 12.9. The van der Waals surface area contributed by atoms with Gasteiger partial charge in [0.05, 0.1) is 0 Å². The number of amides is 1. The third-order valence-corrected chi connectivity index (χ3v) is 4.68. The van der Waals surface area contributed by atoms with Gasteiger partial charge in [-0.05, 0) is 29.5 Å². The van der Waals surface area contributed by atoms with Gasteiger partial charge in [-0.3, -0.25) is 14.4 Å². The number of ketones is 2. The van der Waals surface area contributed by atoms with Crippen molar-refractivity contribution in [2.75, 3.05) is 6.61 Å². The number of hydrogen-bond donors (Lipinski definition) is 2. The Bertz CT molecular complexity index is 794. The van der Waals surface area contributed by atoms with E-state index in [1.807, 2.05) is 12.1 Å². The molecule has 0 aliphatic rings. The Morgan fingerprint density at radius 1 is 0.963 bits per heavy atom. The summed E-state index contributed by atoms with van der Waals surface area (Å²) in [4.78, 5) is 35.3. The molecule has 3 N–H and O–H groups in total. The summed E-state index contributed by atoms with van der Waals surface area (Å²) in [7, 11) is 0. The average molecular weight is 367 g/mol. The zero-order valence-electron chi connectivity index (χ0n) is 15.5. The SMILES string of the molecule is CCc1ccc(-c2ccc(C(=O)C[C@H](CCC(N)=O)C(=O)CO)cc2)cc1. The number of benzene rings is 2. The number of nitrogens with two attached hydrogens (primary N) is 1. The summed E-state index contributed by atoms with van der Waals surface area (Å²) in [6, 6.07) is 15.5. The molecule has 2 aromatic rings. The maximum atomic E-state index is 12.5. The van der Waals surface area contributed by atoms with Crippen LogP contribution >= 0.6 is 0 Å². The van der Waals surface area contributed by atoms with Crippen molar-refractivity contribution in [1.29, 1.82) is 0 Å². The quantitative estimate of drug-likeness (QED) is 0.631. The number of Topliss-reactive ketones (excluding diaryl/α,β-unsaturated/α-hetero) is 2. The van der Waals surface area contributed by atoms with E-state index in [2.05, 4.69) is 31.2 Å². The fourth-order valence-corrected chi connectivity index (χ4v) is 2.95. The lowest BCUT2D eigenvalue weighted by atomic mass is 9.90. The summed E-state index contributed by atoms with van der Waals surface area (Å²) < 4.78 is 0. The molecule has 1 amide bonds. The molecule has 0 fully saturated rings. The summed E-state index contributed by atoms with van der Waals surface area (Å²) in [6.07, 6.45) is 1.12. The van der Waals surface area contributed by atoms with Crippen molar-refractivity contribution >= 4 is 17.5 Å². The molecule has 0 aliphatic carbocycles. The summed E-state index contributed by atoms with van der Waals surface area (Å²) in [5.41, 5.74) is 8.96. The molecule has 5 nitrogen and oxygen atoms in total. The molecule has 0 bridgehead atoms. The van der Waals surface area contributed by atoms with Crippen molar-refractivity contribution in [3.63, 3.8) is 0 Å². The predicted molar refractivity (Wildman–Crippen MR) is 104 cm³/mol. The molecule has 0 aliphatic heterocycles. The van der Waals surface area contributed by atoms with Gasteiger partial charge in [0.15, 0.2) is 11.6 Å². The van der Waals surface area contributed by atoms with Crippen LogP contribution in [-0.2, 0) is 16.0 Å². The number of primary amides is 1. The van der Waals surface area contributed by atoms with Crippen molar-refractivity contribution in [3.8, 4) is 11.1 Å². The Kier molecular flexibility index (Phi) is 7.44. The normalized spacial score (nSPS) is 11.8. The molecular weight excluding hydrogens is 342 g/mol. The average Bonchev–Trinajstić information content (AvgIpc) is 2.70. The molecule has 0 spiro atoms. The summed E-state index contributed by atoms with van der Waals surface area (Å²) in [5, 5.41) is 9.08. The molecule has 0 heterocycles. The number of aliphatic hydroxyl groups is 1. The minimum atomic E-state index is -0.698. The van der Waals surface area contributed by atoms with Crippen molar-refractivity contribution in [2.45, 2.75) is 32.6 Å². The van der Waals surface area contributed by atoms with Gasteiger partial charge in [0, 0.05) is 24.3 Å². The highest BCUT2D eigenvalue weighted by molar-refractivity contribution is 5.99. The largest absolute Gasteiger partial charge is 0.389 e. The third kappa shape index (κ3) is 5.86. The van der Waals surface area contributed by atoms with Gasteiger partial charge >= 0.3 is 0 Å². The third-order valence-electron chi connectivity index (χ3n) is 4.68. The van der Waals surface area contributed by atoms with Crippen LogP contribution in [0, 0.1) is 5.92 Å². The number of aliphatic hydroxyl groups excluding tert-OH is 1.